The zero-order valence-electron chi connectivity index (χ0n) is 17.8. The van der Waals surface area contributed by atoms with Crippen molar-refractivity contribution in [1.29, 1.82) is 0 Å². The predicted molar refractivity (Wildman–Crippen MR) is 122 cm³/mol. The van der Waals surface area contributed by atoms with E-state index in [1.165, 1.54) is 5.56 Å². The number of nitrogens with zero attached hydrogens (tertiary/aromatic N) is 4. The van der Waals surface area contributed by atoms with Gasteiger partial charge in [-0.25, -0.2) is 0 Å². The third-order valence-electron chi connectivity index (χ3n) is 5.76. The highest BCUT2D eigenvalue weighted by atomic mass is 79.9. The molecule has 0 fully saturated rings. The van der Waals surface area contributed by atoms with Crippen LogP contribution < -0.4 is 14.8 Å². The molecule has 2 heterocycles. The molecule has 1 aromatic heterocycles. The molecule has 1 aliphatic carbocycles. The molecule has 1 unspecified atom stereocenters. The number of carbonyl (C=O) groups is 1. The van der Waals surface area contributed by atoms with E-state index in [-0.39, 0.29) is 5.78 Å². The highest BCUT2D eigenvalue weighted by Crippen LogP contribution is 2.44. The average Bonchev–Trinajstić information content (AvgIpc) is 3.25. The summed E-state index contributed by atoms with van der Waals surface area (Å²) in [7, 11) is 1.60. The zero-order valence-corrected chi connectivity index (χ0v) is 19.3. The second-order valence-corrected chi connectivity index (χ2v) is 8.81. The number of Topliss-reactive ketones (excluding diaryl/α,β-unsaturated/α-hetero) is 1. The molecular weight excluding hydrogens is 474 g/mol. The third kappa shape index (κ3) is 3.66. The highest BCUT2D eigenvalue weighted by Gasteiger charge is 2.37. The number of tetrazole rings is 1. The summed E-state index contributed by atoms with van der Waals surface area (Å²) in [5, 5.41) is 15.3. The predicted octanol–water partition coefficient (Wildman–Crippen LogP) is 4.35. The van der Waals surface area contributed by atoms with E-state index in [1.807, 2.05) is 24.3 Å². The second-order valence-electron chi connectivity index (χ2n) is 7.96. The Kier molecular flexibility index (Phi) is 5.42. The van der Waals surface area contributed by atoms with Crippen LogP contribution in [0.3, 0.4) is 0 Å². The van der Waals surface area contributed by atoms with E-state index < -0.39 is 6.04 Å². The summed E-state index contributed by atoms with van der Waals surface area (Å²) < 4.78 is 14.2. The molecule has 1 atom stereocenters. The number of aryl methyl sites for hydroxylation is 1. The number of halogens is 1. The van der Waals surface area contributed by atoms with Crippen LogP contribution in [-0.2, 0) is 11.4 Å². The van der Waals surface area contributed by atoms with Crippen LogP contribution in [0.5, 0.6) is 11.5 Å². The van der Waals surface area contributed by atoms with E-state index in [0.717, 1.165) is 34.1 Å². The number of ketones is 1. The molecule has 0 spiro atoms. The molecular formula is C23H22BrN5O3. The number of methoxy groups -OCH3 is 1. The Morgan fingerprint density at radius 3 is 2.94 bits per heavy atom. The van der Waals surface area contributed by atoms with E-state index in [9.17, 15) is 4.79 Å². The first kappa shape index (κ1) is 20.7. The Labute approximate surface area is 193 Å². The number of carbonyl (C=O) groups excluding carboxylic acids is 1. The van der Waals surface area contributed by atoms with Crippen LogP contribution in [-0.4, -0.2) is 33.1 Å². The molecule has 1 N–H and O–H groups in total. The van der Waals surface area contributed by atoms with Crippen LogP contribution in [0.2, 0.25) is 0 Å². The molecule has 1 aliphatic heterocycles. The Morgan fingerprint density at radius 1 is 1.25 bits per heavy atom. The van der Waals surface area contributed by atoms with Crippen LogP contribution in [0.1, 0.15) is 42.0 Å². The monoisotopic (exact) mass is 495 g/mol. The minimum Gasteiger partial charge on any atom is -0.493 e. The van der Waals surface area contributed by atoms with Crippen molar-refractivity contribution in [1.82, 2.24) is 20.2 Å². The molecule has 9 heteroatoms. The lowest BCUT2D eigenvalue weighted by Gasteiger charge is -2.32. The normalized spacial score (nSPS) is 17.5. The summed E-state index contributed by atoms with van der Waals surface area (Å²) in [4.78, 5) is 12.9. The number of aromatic nitrogens is 4. The standard InChI is InChI=1S/C23H22BrN5O3/c1-13-5-3-6-14(9-13)12-32-22-16(24)10-15(11-19(22)31-2)21-20-17(7-4-8-18(20)30)25-23-26-27-28-29(21)23/h3,5-6,9-11,21H,4,7-8,12H2,1-2H3,(H,25,26,28). The summed E-state index contributed by atoms with van der Waals surface area (Å²) in [6.07, 6.45) is 2.13. The van der Waals surface area contributed by atoms with E-state index in [0.29, 0.717) is 36.0 Å². The third-order valence-corrected chi connectivity index (χ3v) is 6.35. The molecule has 2 aromatic carbocycles. The first-order valence-corrected chi connectivity index (χ1v) is 11.2. The molecule has 8 nitrogen and oxygen atoms in total. The molecule has 0 saturated heterocycles. The van der Waals surface area contributed by atoms with Gasteiger partial charge >= 0.3 is 0 Å². The first-order chi connectivity index (χ1) is 15.5. The summed E-state index contributed by atoms with van der Waals surface area (Å²) in [6, 6.07) is 11.6. The van der Waals surface area contributed by atoms with Gasteiger partial charge in [0.15, 0.2) is 17.3 Å². The van der Waals surface area contributed by atoms with Crippen LogP contribution >= 0.6 is 15.9 Å². The Morgan fingerprint density at radius 2 is 2.12 bits per heavy atom. The molecule has 0 bridgehead atoms. The summed E-state index contributed by atoms with van der Waals surface area (Å²) in [5.41, 5.74) is 4.69. The maximum Gasteiger partial charge on any atom is 0.248 e. The van der Waals surface area contributed by atoms with Crippen LogP contribution in [0, 0.1) is 6.92 Å². The number of hydrogen-bond acceptors (Lipinski definition) is 7. The molecule has 5 rings (SSSR count). The van der Waals surface area contributed by atoms with Crippen molar-refractivity contribution < 1.29 is 14.3 Å². The van der Waals surface area contributed by atoms with Crippen molar-refractivity contribution >= 4 is 27.7 Å². The van der Waals surface area contributed by atoms with Gasteiger partial charge in [0.05, 0.1) is 11.6 Å². The van der Waals surface area contributed by atoms with Crippen molar-refractivity contribution in [3.63, 3.8) is 0 Å². The smallest absolute Gasteiger partial charge is 0.248 e. The summed E-state index contributed by atoms with van der Waals surface area (Å²) in [5.74, 6) is 1.81. The van der Waals surface area contributed by atoms with Gasteiger partial charge in [0.2, 0.25) is 5.95 Å². The van der Waals surface area contributed by atoms with Gasteiger partial charge in [0, 0.05) is 17.7 Å². The fourth-order valence-corrected chi connectivity index (χ4v) is 4.89. The van der Waals surface area contributed by atoms with Gasteiger partial charge < -0.3 is 14.8 Å². The lowest BCUT2D eigenvalue weighted by atomic mass is 9.85. The van der Waals surface area contributed by atoms with Crippen LogP contribution in [0.15, 0.2) is 52.1 Å². The molecule has 0 amide bonds. The van der Waals surface area contributed by atoms with E-state index in [2.05, 4.69) is 55.8 Å². The summed E-state index contributed by atoms with van der Waals surface area (Å²) >= 11 is 3.64. The molecule has 164 valence electrons. The summed E-state index contributed by atoms with van der Waals surface area (Å²) in [6.45, 7) is 2.46. The molecule has 0 radical (unpaired) electrons. The Hall–Kier alpha value is -3.20. The second kappa shape index (κ2) is 8.38. The van der Waals surface area contributed by atoms with E-state index in [1.54, 1.807) is 11.8 Å². The zero-order chi connectivity index (χ0) is 22.2. The topological polar surface area (TPSA) is 91.2 Å². The number of rotatable bonds is 5. The van der Waals surface area contributed by atoms with Gasteiger partial charge in [0.1, 0.15) is 12.6 Å². The molecule has 0 saturated carbocycles. The minimum atomic E-state index is -0.430. The molecule has 3 aromatic rings. The van der Waals surface area contributed by atoms with E-state index >= 15 is 0 Å². The van der Waals surface area contributed by atoms with Gasteiger partial charge in [-0.05, 0) is 69.4 Å². The van der Waals surface area contributed by atoms with E-state index in [4.69, 9.17) is 9.47 Å². The average molecular weight is 496 g/mol. The van der Waals surface area contributed by atoms with Gasteiger partial charge in [0.25, 0.3) is 0 Å². The number of nitrogens with one attached hydrogen (secondary N) is 1. The number of hydrogen-bond donors (Lipinski definition) is 1. The van der Waals surface area contributed by atoms with Crippen molar-refractivity contribution in [2.24, 2.45) is 0 Å². The first-order valence-electron chi connectivity index (χ1n) is 10.4. The molecule has 32 heavy (non-hydrogen) atoms. The lowest BCUT2D eigenvalue weighted by Crippen LogP contribution is -2.31. The van der Waals surface area contributed by atoms with Crippen molar-refractivity contribution in [3.05, 3.63) is 68.8 Å². The fourth-order valence-electron chi connectivity index (χ4n) is 4.32. The lowest BCUT2D eigenvalue weighted by molar-refractivity contribution is -0.116. The number of fused-ring (bicyclic) bond motifs is 1. The SMILES string of the molecule is COc1cc(C2C3=C(CCCC3=O)Nc3nnnn32)cc(Br)c1OCc1cccc(C)c1. The maximum atomic E-state index is 12.9. The number of anilines is 1. The van der Waals surface area contributed by atoms with Gasteiger partial charge in [-0.3, -0.25) is 4.79 Å². The molecule has 2 aliphatic rings. The van der Waals surface area contributed by atoms with Crippen molar-refractivity contribution in [2.45, 2.75) is 38.8 Å². The Bertz CT molecular complexity index is 1240. The fraction of sp³-hybridized carbons (Fsp3) is 0.304. The largest absolute Gasteiger partial charge is 0.493 e. The number of benzene rings is 2. The van der Waals surface area contributed by atoms with Crippen LogP contribution in [0.4, 0.5) is 5.95 Å². The van der Waals surface area contributed by atoms with Crippen LogP contribution in [0.25, 0.3) is 0 Å². The maximum absolute atomic E-state index is 12.9. The highest BCUT2D eigenvalue weighted by molar-refractivity contribution is 9.10. The van der Waals surface area contributed by atoms with Crippen molar-refractivity contribution in [2.75, 3.05) is 12.4 Å². The minimum absolute atomic E-state index is 0.111. The van der Waals surface area contributed by atoms with Crippen molar-refractivity contribution in [3.8, 4) is 11.5 Å². The number of ether oxygens (including phenoxy) is 2. The quantitative estimate of drug-likeness (QED) is 0.562. The van der Waals surface area contributed by atoms with Gasteiger partial charge in [-0.2, -0.15) is 4.68 Å². The van der Waals surface area contributed by atoms with Gasteiger partial charge in [-0.1, -0.05) is 34.9 Å². The number of allylic oxidation sites excluding steroid dienone is 2. The Balaban J connectivity index is 1.53. The van der Waals surface area contributed by atoms with Gasteiger partial charge in [-0.15, -0.1) is 0 Å².